The van der Waals surface area contributed by atoms with Crippen molar-refractivity contribution in [1.82, 2.24) is 9.13 Å². The van der Waals surface area contributed by atoms with E-state index in [1.165, 1.54) is 0 Å². The van der Waals surface area contributed by atoms with Crippen molar-refractivity contribution in [3.05, 3.63) is 297 Å². The summed E-state index contributed by atoms with van der Waals surface area (Å²) in [6, 6.07) is 73.8. The van der Waals surface area contributed by atoms with Crippen molar-refractivity contribution >= 4 is 45.1 Å². The maximum atomic E-state index is 5.60. The van der Waals surface area contributed by atoms with Gasteiger partial charge in [0.05, 0.1) is 56.3 Å². The average Bonchev–Trinajstić information content (AvgIpc) is 4.17. The Balaban J connectivity index is 1.37. The van der Waals surface area contributed by atoms with Crippen molar-refractivity contribution in [3.63, 3.8) is 0 Å². The number of hydrogen-bond acceptors (Lipinski definition) is 2. The molecule has 4 aliphatic rings. The highest BCUT2D eigenvalue weighted by molar-refractivity contribution is 6.35. The van der Waals surface area contributed by atoms with Crippen LogP contribution in [0.5, 0.6) is 0 Å². The molecule has 0 fully saturated rings. The zero-order chi connectivity index (χ0) is 41.0. The fraction of sp³-hybridized carbons (Fsp3) is 0. The van der Waals surface area contributed by atoms with Crippen LogP contribution in [-0.4, -0.2) is 20.6 Å². The molecule has 0 spiro atoms. The third-order valence-corrected chi connectivity index (χ3v) is 12.1. The second-order valence-electron chi connectivity index (χ2n) is 15.7. The maximum absolute atomic E-state index is 5.60. The van der Waals surface area contributed by atoms with Gasteiger partial charge < -0.3 is 9.13 Å². The number of nitrogens with zero attached hydrogens (tertiary/aromatic N) is 4. The van der Waals surface area contributed by atoms with Crippen LogP contribution in [0.4, 0.5) is 0 Å². The van der Waals surface area contributed by atoms with Gasteiger partial charge in [-0.05, 0) is 70.8 Å². The minimum absolute atomic E-state index is 0.872. The van der Waals surface area contributed by atoms with Crippen molar-refractivity contribution < 1.29 is 0 Å². The van der Waals surface area contributed by atoms with Gasteiger partial charge in [-0.3, -0.25) is 0 Å². The summed E-state index contributed by atoms with van der Waals surface area (Å²) >= 11 is 0. The first-order valence-electron chi connectivity index (χ1n) is 21.1. The van der Waals surface area contributed by atoms with Gasteiger partial charge in [0.1, 0.15) is 0 Å². The van der Waals surface area contributed by atoms with Gasteiger partial charge in [-0.2, -0.15) is 0 Å². The highest BCUT2D eigenvalue weighted by Crippen LogP contribution is 2.42. The van der Waals surface area contributed by atoms with E-state index in [0.29, 0.717) is 0 Å². The van der Waals surface area contributed by atoms with Crippen LogP contribution in [0.3, 0.4) is 0 Å². The summed E-state index contributed by atoms with van der Waals surface area (Å²) in [6.45, 7) is 0. The van der Waals surface area contributed by atoms with Crippen molar-refractivity contribution in [2.75, 3.05) is 0 Å². The van der Waals surface area contributed by atoms with Gasteiger partial charge in [0.15, 0.2) is 0 Å². The standard InChI is InChI=1S/C58H38N4/c1-7-19-39(20-8-1)53-45-31-33-47(59-45)54(40-21-9-2-10-22-40)49-35-37-51-56(42-25-13-4-14-26-42)52-38-36-50(55(41-23-11-3-12-24-41)48-34-32-46(53)60-48)62(52)58(44-29-17-6-18-30-44)57(61(49)51)43-27-15-5-16-28-43/h1-38H. The van der Waals surface area contributed by atoms with Crippen molar-refractivity contribution in [3.8, 4) is 0 Å². The van der Waals surface area contributed by atoms with E-state index in [0.717, 1.165) is 112 Å². The van der Waals surface area contributed by atoms with E-state index in [-0.39, 0.29) is 0 Å². The predicted octanol–water partition coefficient (Wildman–Crippen LogP) is 11.2. The van der Waals surface area contributed by atoms with E-state index < -0.39 is 0 Å². The van der Waals surface area contributed by atoms with Crippen LogP contribution in [0, 0.1) is 0 Å². The number of aliphatic imine (C=N–C) groups is 2. The normalized spacial score (nSPS) is 15.2. The second kappa shape index (κ2) is 14.7. The summed E-state index contributed by atoms with van der Waals surface area (Å²) in [7, 11) is 0. The van der Waals surface area contributed by atoms with Crippen LogP contribution in [0.2, 0.25) is 0 Å². The number of rotatable bonds is 6. The molecule has 6 bridgehead atoms. The minimum Gasteiger partial charge on any atom is -0.306 e. The molecule has 0 amide bonds. The molecular weight excluding hydrogens is 753 g/mol. The number of fused-ring (bicyclic) bond motifs is 2. The Hall–Kier alpha value is -8.34. The van der Waals surface area contributed by atoms with Gasteiger partial charge in [-0.1, -0.05) is 182 Å². The lowest BCUT2D eigenvalue weighted by molar-refractivity contribution is 1.01. The summed E-state index contributed by atoms with van der Waals surface area (Å²) in [5.74, 6) is 0. The van der Waals surface area contributed by atoms with Gasteiger partial charge >= 0.3 is 0 Å². The molecule has 4 aliphatic heterocycles. The highest BCUT2D eigenvalue weighted by atomic mass is 15.1. The molecule has 0 unspecified atom stereocenters. The molecule has 0 saturated heterocycles. The number of aromatic nitrogens is 2. The first-order valence-corrected chi connectivity index (χ1v) is 21.1. The predicted molar refractivity (Wildman–Crippen MR) is 255 cm³/mol. The molecule has 0 radical (unpaired) electrons. The summed E-state index contributed by atoms with van der Waals surface area (Å²) in [5, 5.41) is 2.13. The molecule has 0 atom stereocenters. The molecule has 290 valence electrons. The quantitative estimate of drug-likeness (QED) is 0.161. The largest absolute Gasteiger partial charge is 0.306 e. The molecule has 8 aromatic rings. The maximum Gasteiger partial charge on any atom is 0.0782 e. The average molecular weight is 791 g/mol. The number of benzene rings is 6. The Labute approximate surface area is 360 Å². The molecule has 12 rings (SSSR count). The van der Waals surface area contributed by atoms with Crippen LogP contribution in [0.25, 0.3) is 33.7 Å². The Bertz CT molecular complexity index is 3430. The second-order valence-corrected chi connectivity index (χ2v) is 15.7. The van der Waals surface area contributed by atoms with E-state index in [2.05, 4.69) is 240 Å². The van der Waals surface area contributed by atoms with Gasteiger partial charge in [-0.15, -0.1) is 0 Å². The molecule has 6 aromatic carbocycles. The Morgan fingerprint density at radius 2 is 0.597 bits per heavy atom. The fourth-order valence-corrected chi connectivity index (χ4v) is 9.48. The highest BCUT2D eigenvalue weighted by Gasteiger charge is 2.32. The third-order valence-electron chi connectivity index (χ3n) is 12.1. The molecule has 0 saturated carbocycles. The van der Waals surface area contributed by atoms with Gasteiger partial charge in [0.2, 0.25) is 0 Å². The summed E-state index contributed by atoms with van der Waals surface area (Å²) < 4.78 is 5.02. The lowest BCUT2D eigenvalue weighted by atomic mass is 9.98. The first-order chi connectivity index (χ1) is 30.8. The Morgan fingerprint density at radius 1 is 0.258 bits per heavy atom. The zero-order valence-corrected chi connectivity index (χ0v) is 33.7. The van der Waals surface area contributed by atoms with E-state index >= 15 is 0 Å². The molecule has 6 heterocycles. The van der Waals surface area contributed by atoms with E-state index in [1.807, 2.05) is 0 Å². The minimum atomic E-state index is 0.872. The first kappa shape index (κ1) is 35.6. The van der Waals surface area contributed by atoms with Gasteiger partial charge in [0.25, 0.3) is 0 Å². The molecule has 4 nitrogen and oxygen atoms in total. The number of allylic oxidation sites excluding steroid dienone is 5. The molecule has 62 heavy (non-hydrogen) atoms. The van der Waals surface area contributed by atoms with Crippen molar-refractivity contribution in [2.24, 2.45) is 9.98 Å². The van der Waals surface area contributed by atoms with E-state index in [1.54, 1.807) is 0 Å². The summed E-state index contributed by atoms with van der Waals surface area (Å²) in [6.07, 6.45) is 8.69. The molecule has 0 aliphatic carbocycles. The SMILES string of the molecule is C1=CC2=C(c3ccccc3)c3ccc4n3C(c3ccccc3)=C(c3ccccc3)n3c(ccc3=C4c3ccccc3)=C(c3ccccc3)C3=NC(=C(c4ccccc4)C1=N2)C=C3. The lowest BCUT2D eigenvalue weighted by Gasteiger charge is -2.23. The Kier molecular flexibility index (Phi) is 8.46. The van der Waals surface area contributed by atoms with Crippen LogP contribution < -0.4 is 10.7 Å². The van der Waals surface area contributed by atoms with Crippen molar-refractivity contribution in [1.29, 1.82) is 0 Å². The molecule has 2 aromatic heterocycles. The van der Waals surface area contributed by atoms with Crippen LogP contribution in [0.1, 0.15) is 44.8 Å². The van der Waals surface area contributed by atoms with Gasteiger partial charge in [-0.25, -0.2) is 9.98 Å². The topological polar surface area (TPSA) is 34.6 Å². The fourth-order valence-electron chi connectivity index (χ4n) is 9.48. The monoisotopic (exact) mass is 790 g/mol. The van der Waals surface area contributed by atoms with Gasteiger partial charge in [0, 0.05) is 33.4 Å². The third kappa shape index (κ3) is 5.76. The number of hydrogen-bond donors (Lipinski definition) is 0. The molecular formula is C58H38N4. The zero-order valence-electron chi connectivity index (χ0n) is 33.7. The molecule has 4 heteroatoms. The van der Waals surface area contributed by atoms with E-state index in [4.69, 9.17) is 9.98 Å². The van der Waals surface area contributed by atoms with Crippen LogP contribution in [0.15, 0.2) is 252 Å². The summed E-state index contributed by atoms with van der Waals surface area (Å²) in [5.41, 5.74) is 18.5. The Morgan fingerprint density at radius 3 is 1.08 bits per heavy atom. The molecule has 0 N–H and O–H groups in total. The van der Waals surface area contributed by atoms with Crippen molar-refractivity contribution in [2.45, 2.75) is 0 Å². The lowest BCUT2D eigenvalue weighted by Crippen LogP contribution is -2.31. The van der Waals surface area contributed by atoms with E-state index in [9.17, 15) is 0 Å². The summed E-state index contributed by atoms with van der Waals surface area (Å²) in [4.78, 5) is 11.2. The van der Waals surface area contributed by atoms with Crippen LogP contribution >= 0.6 is 0 Å². The van der Waals surface area contributed by atoms with Crippen LogP contribution in [-0.2, 0) is 0 Å². The smallest absolute Gasteiger partial charge is 0.0782 e.